The minimum absolute atomic E-state index is 0.0516. The summed E-state index contributed by atoms with van der Waals surface area (Å²) in [5.74, 6) is -1.74. The molecule has 8 nitrogen and oxygen atoms in total. The van der Waals surface area contributed by atoms with Crippen LogP contribution in [0.15, 0.2) is 27.9 Å². The Morgan fingerprint density at radius 1 is 1.46 bits per heavy atom. The number of thioether (sulfide) groups is 1. The van der Waals surface area contributed by atoms with Gasteiger partial charge in [-0.3, -0.25) is 19.7 Å². The van der Waals surface area contributed by atoms with E-state index >= 15 is 0 Å². The fraction of sp³-hybridized carbons (Fsp3) is 0.267. The van der Waals surface area contributed by atoms with Gasteiger partial charge in [0.15, 0.2) is 4.34 Å². The van der Waals surface area contributed by atoms with Gasteiger partial charge >= 0.3 is 5.97 Å². The summed E-state index contributed by atoms with van der Waals surface area (Å²) in [5.41, 5.74) is -0.0362. The van der Waals surface area contributed by atoms with Crippen LogP contribution in [0.2, 0.25) is 0 Å². The molecule has 0 aliphatic heterocycles. The van der Waals surface area contributed by atoms with Gasteiger partial charge in [0.25, 0.3) is 5.69 Å². The van der Waals surface area contributed by atoms with Crippen LogP contribution in [0.1, 0.15) is 12.6 Å². The highest BCUT2D eigenvalue weighted by molar-refractivity contribution is 8.01. The Kier molecular flexibility index (Phi) is 7.04. The lowest BCUT2D eigenvalue weighted by atomic mass is 10.2. The zero-order chi connectivity index (χ0) is 19.1. The maximum Gasteiger partial charge on any atom is 0.311 e. The number of esters is 1. The monoisotopic (exact) mass is 399 g/mol. The maximum atomic E-state index is 13.6. The third-order valence-electron chi connectivity index (χ3n) is 2.92. The minimum atomic E-state index is -0.764. The van der Waals surface area contributed by atoms with Crippen molar-refractivity contribution in [3.8, 4) is 0 Å². The molecule has 1 aromatic carbocycles. The van der Waals surface area contributed by atoms with E-state index in [0.717, 1.165) is 30.0 Å². The Labute approximate surface area is 155 Å². The number of hydrogen-bond acceptors (Lipinski definition) is 8. The van der Waals surface area contributed by atoms with Crippen LogP contribution in [0.3, 0.4) is 0 Å². The first-order valence-corrected chi connectivity index (χ1v) is 9.22. The number of thiazole rings is 1. The summed E-state index contributed by atoms with van der Waals surface area (Å²) in [6, 6.07) is 2.89. The van der Waals surface area contributed by atoms with Crippen LogP contribution in [0.5, 0.6) is 0 Å². The molecule has 0 fully saturated rings. The summed E-state index contributed by atoms with van der Waals surface area (Å²) in [6.45, 7) is 2.00. The number of nitro benzene ring substituents is 1. The lowest BCUT2D eigenvalue weighted by Gasteiger charge is -2.05. The van der Waals surface area contributed by atoms with Gasteiger partial charge in [0.05, 0.1) is 35.1 Å². The molecule has 2 aromatic rings. The Bertz CT molecular complexity index is 827. The SMILES string of the molecule is CCOC(=O)Cc1csc(SCC(=O)Nc2cc([N+](=O)[O-])ccc2F)n1. The molecule has 1 heterocycles. The highest BCUT2D eigenvalue weighted by Crippen LogP contribution is 2.25. The number of hydrogen-bond donors (Lipinski definition) is 1. The van der Waals surface area contributed by atoms with Crippen LogP contribution in [0, 0.1) is 15.9 Å². The van der Waals surface area contributed by atoms with Gasteiger partial charge in [-0.15, -0.1) is 11.3 Å². The van der Waals surface area contributed by atoms with Gasteiger partial charge in [-0.2, -0.15) is 0 Å². The lowest BCUT2D eigenvalue weighted by Crippen LogP contribution is -2.15. The second-order valence-electron chi connectivity index (χ2n) is 4.84. The van der Waals surface area contributed by atoms with E-state index in [1.807, 2.05) is 0 Å². The average molecular weight is 399 g/mol. The number of halogens is 1. The molecule has 138 valence electrons. The van der Waals surface area contributed by atoms with E-state index in [1.54, 1.807) is 12.3 Å². The number of rotatable bonds is 8. The van der Waals surface area contributed by atoms with E-state index < -0.39 is 16.6 Å². The standard InChI is InChI=1S/C15H14FN3O5S2/c1-2-24-14(21)5-9-7-25-15(17-9)26-8-13(20)18-12-6-10(19(22)23)3-4-11(12)16/h3-4,6-7H,2,5,8H2,1H3,(H,18,20). The third kappa shape index (κ3) is 5.77. The van der Waals surface area contributed by atoms with Crippen molar-refractivity contribution in [1.82, 2.24) is 4.98 Å². The first-order valence-electron chi connectivity index (χ1n) is 7.35. The fourth-order valence-corrected chi connectivity index (χ4v) is 3.48. The molecule has 1 aromatic heterocycles. The van der Waals surface area contributed by atoms with Crippen molar-refractivity contribution in [2.75, 3.05) is 17.7 Å². The van der Waals surface area contributed by atoms with Crippen molar-refractivity contribution in [3.05, 3.63) is 45.2 Å². The molecular formula is C15H14FN3O5S2. The second-order valence-corrected chi connectivity index (χ2v) is 6.93. The summed E-state index contributed by atoms with van der Waals surface area (Å²) in [7, 11) is 0. The smallest absolute Gasteiger partial charge is 0.311 e. The van der Waals surface area contributed by atoms with Gasteiger partial charge in [0.1, 0.15) is 5.82 Å². The van der Waals surface area contributed by atoms with Crippen LogP contribution >= 0.6 is 23.1 Å². The molecule has 0 spiro atoms. The van der Waals surface area contributed by atoms with Crippen LogP contribution in [-0.4, -0.2) is 34.1 Å². The van der Waals surface area contributed by atoms with Crippen molar-refractivity contribution in [3.63, 3.8) is 0 Å². The Morgan fingerprint density at radius 2 is 2.23 bits per heavy atom. The van der Waals surface area contributed by atoms with Gasteiger partial charge in [-0.1, -0.05) is 11.8 Å². The first-order chi connectivity index (χ1) is 12.4. The molecule has 0 aliphatic rings. The van der Waals surface area contributed by atoms with Crippen LogP contribution < -0.4 is 5.32 Å². The molecule has 26 heavy (non-hydrogen) atoms. The normalized spacial score (nSPS) is 10.4. The minimum Gasteiger partial charge on any atom is -0.466 e. The molecule has 0 saturated carbocycles. The van der Waals surface area contributed by atoms with Gasteiger partial charge in [-0.25, -0.2) is 9.37 Å². The number of amides is 1. The predicted molar refractivity (Wildman–Crippen MR) is 94.9 cm³/mol. The summed E-state index contributed by atoms with van der Waals surface area (Å²) < 4.78 is 19.0. The van der Waals surface area contributed by atoms with Crippen LogP contribution in [-0.2, 0) is 20.7 Å². The quantitative estimate of drug-likeness (QED) is 0.314. The van der Waals surface area contributed by atoms with E-state index in [0.29, 0.717) is 16.6 Å². The van der Waals surface area contributed by atoms with Crippen molar-refractivity contribution in [2.45, 2.75) is 17.7 Å². The Balaban J connectivity index is 1.89. The number of carbonyl (C=O) groups is 2. The number of anilines is 1. The average Bonchev–Trinajstić information content (AvgIpc) is 3.02. The Hall–Kier alpha value is -2.53. The molecule has 0 unspecified atom stereocenters. The number of aromatic nitrogens is 1. The highest BCUT2D eigenvalue weighted by Gasteiger charge is 2.14. The topological polar surface area (TPSA) is 111 Å². The maximum absolute atomic E-state index is 13.6. The van der Waals surface area contributed by atoms with Crippen molar-refractivity contribution in [1.29, 1.82) is 0 Å². The highest BCUT2D eigenvalue weighted by atomic mass is 32.2. The molecule has 11 heteroatoms. The molecule has 0 bridgehead atoms. The number of carbonyl (C=O) groups excluding carboxylic acids is 2. The van der Waals surface area contributed by atoms with E-state index in [1.165, 1.54) is 11.3 Å². The predicted octanol–water partition coefficient (Wildman–Crippen LogP) is 3.03. The number of nitro groups is 1. The molecule has 0 atom stereocenters. The first kappa shape index (κ1) is 19.8. The largest absolute Gasteiger partial charge is 0.466 e. The number of ether oxygens (including phenoxy) is 1. The fourth-order valence-electron chi connectivity index (χ4n) is 1.83. The number of non-ortho nitro benzene ring substituents is 1. The number of benzene rings is 1. The third-order valence-corrected chi connectivity index (χ3v) is 4.99. The molecule has 2 rings (SSSR count). The van der Waals surface area contributed by atoms with E-state index in [9.17, 15) is 24.1 Å². The summed E-state index contributed by atoms with van der Waals surface area (Å²) in [6.07, 6.45) is 0.0516. The van der Waals surface area contributed by atoms with Gasteiger partial charge in [-0.05, 0) is 13.0 Å². The summed E-state index contributed by atoms with van der Waals surface area (Å²) in [4.78, 5) is 37.5. The zero-order valence-corrected chi connectivity index (χ0v) is 15.2. The molecular weight excluding hydrogens is 385 g/mol. The van der Waals surface area contributed by atoms with Crippen LogP contribution in [0.25, 0.3) is 0 Å². The molecule has 1 amide bonds. The van der Waals surface area contributed by atoms with E-state index in [-0.39, 0.29) is 29.5 Å². The van der Waals surface area contributed by atoms with Crippen LogP contribution in [0.4, 0.5) is 15.8 Å². The van der Waals surface area contributed by atoms with Gasteiger partial charge in [0, 0.05) is 17.5 Å². The van der Waals surface area contributed by atoms with E-state index in [2.05, 4.69) is 10.3 Å². The van der Waals surface area contributed by atoms with Crippen molar-refractivity contribution >= 4 is 46.3 Å². The van der Waals surface area contributed by atoms with Gasteiger partial charge < -0.3 is 10.1 Å². The summed E-state index contributed by atoms with van der Waals surface area (Å²) in [5, 5.41) is 14.7. The molecule has 1 N–H and O–H groups in total. The molecule has 0 aliphatic carbocycles. The van der Waals surface area contributed by atoms with Crippen molar-refractivity contribution in [2.24, 2.45) is 0 Å². The molecule has 0 radical (unpaired) electrons. The number of nitrogens with zero attached hydrogens (tertiary/aromatic N) is 2. The zero-order valence-electron chi connectivity index (χ0n) is 13.6. The second kappa shape index (κ2) is 9.25. The van der Waals surface area contributed by atoms with Crippen molar-refractivity contribution < 1.29 is 23.6 Å². The van der Waals surface area contributed by atoms with E-state index in [4.69, 9.17) is 4.74 Å². The number of nitrogens with one attached hydrogen (secondary N) is 1. The lowest BCUT2D eigenvalue weighted by molar-refractivity contribution is -0.384. The Morgan fingerprint density at radius 3 is 2.92 bits per heavy atom. The summed E-state index contributed by atoms with van der Waals surface area (Å²) >= 11 is 2.38. The van der Waals surface area contributed by atoms with Gasteiger partial charge in [0.2, 0.25) is 5.91 Å². The molecule has 0 saturated heterocycles.